The summed E-state index contributed by atoms with van der Waals surface area (Å²) < 4.78 is 11.8. The first kappa shape index (κ1) is 24.1. The highest BCUT2D eigenvalue weighted by Crippen LogP contribution is 2.49. The Morgan fingerprint density at radius 2 is 1.69 bits per heavy atom. The van der Waals surface area contributed by atoms with E-state index in [4.69, 9.17) is 9.15 Å². The van der Waals surface area contributed by atoms with Crippen molar-refractivity contribution in [2.45, 2.75) is 38.5 Å². The van der Waals surface area contributed by atoms with Crippen LogP contribution in [0.2, 0.25) is 0 Å². The van der Waals surface area contributed by atoms with Gasteiger partial charge < -0.3 is 19.0 Å². The number of anilines is 1. The smallest absolute Gasteiger partial charge is 0.258 e. The van der Waals surface area contributed by atoms with Crippen LogP contribution >= 0.6 is 0 Å². The summed E-state index contributed by atoms with van der Waals surface area (Å²) in [7, 11) is 2.19. The van der Waals surface area contributed by atoms with E-state index in [1.54, 1.807) is 6.92 Å². The maximum Gasteiger partial charge on any atom is 0.258 e. The molecule has 4 aromatic rings. The lowest BCUT2D eigenvalue weighted by Crippen LogP contribution is -2.42. The highest BCUT2D eigenvalue weighted by Gasteiger charge is 2.44. The summed E-state index contributed by atoms with van der Waals surface area (Å²) in [6.07, 6.45) is 3.05. The van der Waals surface area contributed by atoms with Crippen LogP contribution in [0.15, 0.2) is 59.0 Å². The van der Waals surface area contributed by atoms with Gasteiger partial charge in [0.25, 0.3) is 5.91 Å². The number of hydrogen-bond donors (Lipinski definition) is 0. The largest absolute Gasteiger partial charge is 0.492 e. The minimum atomic E-state index is 0.0513. The van der Waals surface area contributed by atoms with Crippen LogP contribution in [0.1, 0.15) is 45.8 Å². The number of aromatic nitrogens is 2. The summed E-state index contributed by atoms with van der Waals surface area (Å²) in [5, 5.41) is 8.05. The van der Waals surface area contributed by atoms with E-state index in [1.165, 1.54) is 11.1 Å². The molecule has 3 aliphatic rings. The van der Waals surface area contributed by atoms with Gasteiger partial charge in [0, 0.05) is 41.3 Å². The molecule has 39 heavy (non-hydrogen) atoms. The third-order valence-electron chi connectivity index (χ3n) is 8.78. The summed E-state index contributed by atoms with van der Waals surface area (Å²) in [5.74, 6) is 2.14. The number of hydrogen-bond acceptors (Lipinski definition) is 6. The number of carbonyl (C=O) groups is 1. The zero-order chi connectivity index (χ0) is 26.7. The predicted octanol–water partition coefficient (Wildman–Crippen LogP) is 5.58. The molecule has 0 saturated carbocycles. The lowest BCUT2D eigenvalue weighted by Gasteiger charge is -2.37. The Bertz CT molecular complexity index is 1580. The van der Waals surface area contributed by atoms with Crippen molar-refractivity contribution in [2.24, 2.45) is 0 Å². The molecule has 3 aliphatic heterocycles. The van der Waals surface area contributed by atoms with Crippen molar-refractivity contribution in [3.63, 3.8) is 0 Å². The van der Waals surface area contributed by atoms with Gasteiger partial charge in [-0.15, -0.1) is 10.2 Å². The molecule has 0 N–H and O–H groups in total. The molecule has 1 spiro atoms. The molecule has 7 rings (SSSR count). The van der Waals surface area contributed by atoms with E-state index in [1.807, 2.05) is 35.2 Å². The topological polar surface area (TPSA) is 71.7 Å². The number of piperidine rings is 1. The van der Waals surface area contributed by atoms with Gasteiger partial charge in [0.05, 0.1) is 6.61 Å². The van der Waals surface area contributed by atoms with Crippen molar-refractivity contribution in [2.75, 3.05) is 38.2 Å². The molecule has 3 aromatic carbocycles. The molecule has 0 unspecified atom stereocenters. The molecule has 7 heteroatoms. The second-order valence-electron chi connectivity index (χ2n) is 11.3. The molecular weight excluding hydrogens is 488 g/mol. The lowest BCUT2D eigenvalue weighted by molar-refractivity contribution is 0.0989. The van der Waals surface area contributed by atoms with Crippen molar-refractivity contribution in [3.05, 3.63) is 82.7 Å². The summed E-state index contributed by atoms with van der Waals surface area (Å²) in [6.45, 7) is 7.46. The Balaban J connectivity index is 1.13. The monoisotopic (exact) mass is 520 g/mol. The number of fused-ring (bicyclic) bond motifs is 3. The van der Waals surface area contributed by atoms with E-state index in [0.717, 1.165) is 72.6 Å². The maximum atomic E-state index is 13.7. The molecule has 1 fully saturated rings. The molecule has 7 nitrogen and oxygen atoms in total. The SMILES string of the molecule is Cc1nnc(-c2ccc(-c3ccc(C(=O)N4CCc5cc6c(cc54)C4(CCN(C)CC4)CO6)cc3)c(C)c2)o1. The second kappa shape index (κ2) is 9.06. The van der Waals surface area contributed by atoms with Crippen LogP contribution in [0.5, 0.6) is 5.75 Å². The maximum absolute atomic E-state index is 13.7. The number of ether oxygens (including phenoxy) is 1. The molecule has 1 saturated heterocycles. The van der Waals surface area contributed by atoms with Crippen LogP contribution in [-0.4, -0.2) is 54.3 Å². The zero-order valence-electron chi connectivity index (χ0n) is 22.7. The lowest BCUT2D eigenvalue weighted by atomic mass is 9.74. The van der Waals surface area contributed by atoms with E-state index in [0.29, 0.717) is 23.9 Å². The van der Waals surface area contributed by atoms with E-state index in [2.05, 4.69) is 53.3 Å². The van der Waals surface area contributed by atoms with Gasteiger partial charge in [-0.2, -0.15) is 0 Å². The van der Waals surface area contributed by atoms with Gasteiger partial charge in [-0.05, 0) is 105 Å². The number of aryl methyl sites for hydroxylation is 2. The van der Waals surface area contributed by atoms with Crippen LogP contribution in [0, 0.1) is 13.8 Å². The molecule has 198 valence electrons. The molecule has 4 heterocycles. The van der Waals surface area contributed by atoms with E-state index >= 15 is 0 Å². The van der Waals surface area contributed by atoms with Gasteiger partial charge in [-0.1, -0.05) is 18.2 Å². The third kappa shape index (κ3) is 4.03. The standard InChI is InChI=1S/C32H32N4O3/c1-20-16-25(30-34-33-21(2)39-30)8-9-26(20)22-4-6-23(7-5-22)31(37)36-13-10-24-17-29-27(18-28(24)36)32(19-38-29)11-14-35(3)15-12-32/h4-9,16-18H,10-15,19H2,1-3H3. The summed E-state index contributed by atoms with van der Waals surface area (Å²) in [5.41, 5.74) is 8.51. The molecular formula is C32H32N4O3. The number of amides is 1. The minimum Gasteiger partial charge on any atom is -0.492 e. The van der Waals surface area contributed by atoms with E-state index < -0.39 is 0 Å². The second-order valence-corrected chi connectivity index (χ2v) is 11.3. The van der Waals surface area contributed by atoms with Gasteiger partial charge >= 0.3 is 0 Å². The Kier molecular flexibility index (Phi) is 5.60. The highest BCUT2D eigenvalue weighted by molar-refractivity contribution is 6.07. The fraction of sp³-hybridized carbons (Fsp3) is 0.344. The van der Waals surface area contributed by atoms with Gasteiger partial charge in [0.2, 0.25) is 11.8 Å². The predicted molar refractivity (Wildman–Crippen MR) is 150 cm³/mol. The van der Waals surface area contributed by atoms with Crippen molar-refractivity contribution < 1.29 is 13.9 Å². The quantitative estimate of drug-likeness (QED) is 0.351. The first-order valence-corrected chi connectivity index (χ1v) is 13.7. The first-order chi connectivity index (χ1) is 18.9. The van der Waals surface area contributed by atoms with Gasteiger partial charge in [-0.3, -0.25) is 4.79 Å². The fourth-order valence-electron chi connectivity index (χ4n) is 6.40. The molecule has 1 aromatic heterocycles. The third-order valence-corrected chi connectivity index (χ3v) is 8.78. The van der Waals surface area contributed by atoms with Crippen LogP contribution in [0.3, 0.4) is 0 Å². The molecule has 0 atom stereocenters. The Hall–Kier alpha value is -3.97. The van der Waals surface area contributed by atoms with Crippen LogP contribution in [0.25, 0.3) is 22.6 Å². The van der Waals surface area contributed by atoms with Crippen molar-refractivity contribution in [1.82, 2.24) is 15.1 Å². The van der Waals surface area contributed by atoms with Crippen LogP contribution in [0.4, 0.5) is 5.69 Å². The average molecular weight is 521 g/mol. The highest BCUT2D eigenvalue weighted by atomic mass is 16.5. The summed E-state index contributed by atoms with van der Waals surface area (Å²) in [4.78, 5) is 18.0. The van der Waals surface area contributed by atoms with Gasteiger partial charge in [-0.25, -0.2) is 0 Å². The van der Waals surface area contributed by atoms with Crippen molar-refractivity contribution in [3.8, 4) is 28.3 Å². The Labute approximate surface area is 228 Å². The number of carbonyl (C=O) groups excluding carboxylic acids is 1. The normalized spacial score (nSPS) is 17.8. The molecule has 1 amide bonds. The molecule has 0 bridgehead atoms. The minimum absolute atomic E-state index is 0.0513. The summed E-state index contributed by atoms with van der Waals surface area (Å²) >= 11 is 0. The number of rotatable bonds is 3. The summed E-state index contributed by atoms with van der Waals surface area (Å²) in [6, 6.07) is 18.5. The van der Waals surface area contributed by atoms with E-state index in [9.17, 15) is 4.79 Å². The zero-order valence-corrected chi connectivity index (χ0v) is 22.7. The number of benzene rings is 3. The number of likely N-dealkylation sites (tertiary alicyclic amines) is 1. The Morgan fingerprint density at radius 3 is 2.41 bits per heavy atom. The van der Waals surface area contributed by atoms with Gasteiger partial charge in [0.15, 0.2) is 0 Å². The number of nitrogens with zero attached hydrogens (tertiary/aromatic N) is 4. The molecule has 0 radical (unpaired) electrons. The average Bonchev–Trinajstić information content (AvgIpc) is 3.66. The fourth-order valence-corrected chi connectivity index (χ4v) is 6.40. The van der Waals surface area contributed by atoms with Crippen molar-refractivity contribution in [1.29, 1.82) is 0 Å². The van der Waals surface area contributed by atoms with Crippen LogP contribution in [-0.2, 0) is 11.8 Å². The van der Waals surface area contributed by atoms with Crippen molar-refractivity contribution >= 4 is 11.6 Å². The first-order valence-electron chi connectivity index (χ1n) is 13.7. The van der Waals surface area contributed by atoms with E-state index in [-0.39, 0.29) is 11.3 Å². The van der Waals surface area contributed by atoms with Crippen LogP contribution < -0.4 is 9.64 Å². The molecule has 0 aliphatic carbocycles. The van der Waals surface area contributed by atoms with Gasteiger partial charge in [0.1, 0.15) is 5.75 Å². The Morgan fingerprint density at radius 1 is 0.923 bits per heavy atom.